The first-order valence-corrected chi connectivity index (χ1v) is 11.9. The van der Waals surface area contributed by atoms with E-state index >= 15 is 0 Å². The second-order valence-electron chi connectivity index (χ2n) is 11.4. The topological polar surface area (TPSA) is 65.7 Å². The zero-order valence-corrected chi connectivity index (χ0v) is 20.5. The number of carbonyl (C=O) groups excluding carboxylic acids is 2. The minimum atomic E-state index is -4.78. The van der Waals surface area contributed by atoms with Crippen LogP contribution in [0.5, 0.6) is 5.75 Å². The van der Waals surface area contributed by atoms with Gasteiger partial charge in [0.15, 0.2) is 11.6 Å². The van der Waals surface area contributed by atoms with Gasteiger partial charge in [-0.3, -0.25) is 9.59 Å². The molecule has 0 amide bonds. The first kappa shape index (κ1) is 24.4. The minimum Gasteiger partial charge on any atom is -0.465 e. The van der Waals surface area contributed by atoms with Gasteiger partial charge in [-0.15, -0.1) is 13.2 Å². The van der Waals surface area contributed by atoms with E-state index in [0.717, 1.165) is 0 Å². The zero-order chi connectivity index (χ0) is 26.0. The molecular weight excluding hydrogens is 473 g/mol. The molecular formula is C28H27F3O5. The molecule has 0 saturated carbocycles. The lowest BCUT2D eigenvalue weighted by molar-refractivity contribution is -0.274. The fourth-order valence-electron chi connectivity index (χ4n) is 5.44. The number of carbonyl (C=O) groups is 2. The molecule has 8 heteroatoms. The third-order valence-corrected chi connectivity index (χ3v) is 6.87. The van der Waals surface area contributed by atoms with Crippen LogP contribution in [0.3, 0.4) is 0 Å². The van der Waals surface area contributed by atoms with Crippen LogP contribution >= 0.6 is 0 Å². The SMILES string of the molecule is CC1(C)CC(=O)C2=C(C1)OC1=C(C(=O)CC(C)(C)C1)C2c1ccc(-c2ccc(OC(F)(F)F)cc2)o1. The molecule has 0 spiro atoms. The summed E-state index contributed by atoms with van der Waals surface area (Å²) in [6, 6.07) is 8.76. The molecule has 0 unspecified atom stereocenters. The van der Waals surface area contributed by atoms with Gasteiger partial charge in [-0.05, 0) is 47.2 Å². The largest absolute Gasteiger partial charge is 0.573 e. The number of ketones is 2. The molecule has 2 aromatic rings. The third-order valence-electron chi connectivity index (χ3n) is 6.87. The number of furan rings is 1. The van der Waals surface area contributed by atoms with E-state index in [9.17, 15) is 22.8 Å². The van der Waals surface area contributed by atoms with Crippen molar-refractivity contribution in [3.63, 3.8) is 0 Å². The van der Waals surface area contributed by atoms with Crippen molar-refractivity contribution in [2.24, 2.45) is 10.8 Å². The van der Waals surface area contributed by atoms with Crippen LogP contribution < -0.4 is 4.74 Å². The third kappa shape index (κ3) is 4.61. The highest BCUT2D eigenvalue weighted by atomic mass is 19.4. The number of rotatable bonds is 3. The van der Waals surface area contributed by atoms with Crippen molar-refractivity contribution in [3.8, 4) is 17.1 Å². The Morgan fingerprint density at radius 3 is 1.83 bits per heavy atom. The smallest absolute Gasteiger partial charge is 0.465 e. The Kier molecular flexibility index (Phi) is 5.50. The number of ether oxygens (including phenoxy) is 2. The number of hydrogen-bond donors (Lipinski definition) is 0. The molecule has 1 aromatic heterocycles. The summed E-state index contributed by atoms with van der Waals surface area (Å²) in [6.45, 7) is 8.07. The Hall–Kier alpha value is -3.29. The Morgan fingerprint density at radius 1 is 0.806 bits per heavy atom. The molecule has 0 N–H and O–H groups in total. The predicted octanol–water partition coefficient (Wildman–Crippen LogP) is 7.25. The average molecular weight is 501 g/mol. The summed E-state index contributed by atoms with van der Waals surface area (Å²) >= 11 is 0. The lowest BCUT2D eigenvalue weighted by Gasteiger charge is -2.42. The number of benzene rings is 1. The van der Waals surface area contributed by atoms with Crippen LogP contribution in [-0.4, -0.2) is 17.9 Å². The van der Waals surface area contributed by atoms with E-state index in [1.165, 1.54) is 24.3 Å². The summed E-state index contributed by atoms with van der Waals surface area (Å²) in [4.78, 5) is 26.7. The highest BCUT2D eigenvalue weighted by molar-refractivity contribution is 6.06. The van der Waals surface area contributed by atoms with E-state index in [2.05, 4.69) is 4.74 Å². The summed E-state index contributed by atoms with van der Waals surface area (Å²) in [7, 11) is 0. The lowest BCUT2D eigenvalue weighted by Crippen LogP contribution is -2.37. The predicted molar refractivity (Wildman–Crippen MR) is 125 cm³/mol. The van der Waals surface area contributed by atoms with Crippen molar-refractivity contribution in [1.29, 1.82) is 0 Å². The maximum atomic E-state index is 13.3. The molecule has 0 bridgehead atoms. The van der Waals surface area contributed by atoms with Gasteiger partial charge in [0.2, 0.25) is 0 Å². The van der Waals surface area contributed by atoms with Gasteiger partial charge >= 0.3 is 6.36 Å². The zero-order valence-electron chi connectivity index (χ0n) is 20.5. The molecule has 1 aliphatic heterocycles. The molecule has 5 nitrogen and oxygen atoms in total. The van der Waals surface area contributed by atoms with Crippen LogP contribution in [0.15, 0.2) is 63.5 Å². The van der Waals surface area contributed by atoms with Gasteiger partial charge in [-0.2, -0.15) is 0 Å². The lowest BCUT2D eigenvalue weighted by atomic mass is 9.66. The van der Waals surface area contributed by atoms with Crippen LogP contribution in [0.25, 0.3) is 11.3 Å². The summed E-state index contributed by atoms with van der Waals surface area (Å²) in [5, 5.41) is 0. The van der Waals surface area contributed by atoms with Gasteiger partial charge in [0.25, 0.3) is 0 Å². The molecule has 1 aromatic carbocycles. The van der Waals surface area contributed by atoms with Crippen LogP contribution in [0, 0.1) is 10.8 Å². The number of allylic oxidation sites excluding steroid dienone is 4. The second kappa shape index (κ2) is 8.11. The van der Waals surface area contributed by atoms with Crippen molar-refractivity contribution < 1.29 is 36.7 Å². The molecule has 0 atom stereocenters. The Balaban J connectivity index is 1.55. The van der Waals surface area contributed by atoms with E-state index in [1.54, 1.807) is 12.1 Å². The van der Waals surface area contributed by atoms with Gasteiger partial charge in [0, 0.05) is 42.4 Å². The Labute approximate surface area is 207 Å². The summed E-state index contributed by atoms with van der Waals surface area (Å²) < 4.78 is 53.8. The van der Waals surface area contributed by atoms with Crippen molar-refractivity contribution in [1.82, 2.24) is 0 Å². The van der Waals surface area contributed by atoms with E-state index in [4.69, 9.17) is 9.15 Å². The fraction of sp³-hybridized carbons (Fsp3) is 0.429. The van der Waals surface area contributed by atoms with Crippen molar-refractivity contribution in [3.05, 3.63) is 64.8 Å². The molecule has 3 aliphatic rings. The highest BCUT2D eigenvalue weighted by Crippen LogP contribution is 2.53. The van der Waals surface area contributed by atoms with E-state index in [0.29, 0.717) is 65.4 Å². The number of alkyl halides is 3. The van der Waals surface area contributed by atoms with Gasteiger partial charge in [-0.1, -0.05) is 27.7 Å². The van der Waals surface area contributed by atoms with Crippen molar-refractivity contribution >= 4 is 11.6 Å². The molecule has 0 saturated heterocycles. The quantitative estimate of drug-likeness (QED) is 0.444. The standard InChI is InChI=1S/C28H27F3O5/c1-26(2)11-17(32)23-21(13-26)35-22-14-27(3,4)12-18(33)24(22)25(23)20-10-9-19(34-20)15-5-7-16(8-6-15)36-28(29,30)31/h5-10,25H,11-14H2,1-4H3. The maximum Gasteiger partial charge on any atom is 0.573 e. The number of Topliss-reactive ketones (excluding diaryl/α,β-unsaturated/α-hetero) is 2. The first-order chi connectivity index (χ1) is 16.7. The molecule has 2 aliphatic carbocycles. The molecule has 0 radical (unpaired) electrons. The molecule has 5 rings (SSSR count). The first-order valence-electron chi connectivity index (χ1n) is 11.9. The van der Waals surface area contributed by atoms with Crippen LogP contribution in [0.1, 0.15) is 65.1 Å². The second-order valence-corrected chi connectivity index (χ2v) is 11.4. The van der Waals surface area contributed by atoms with Gasteiger partial charge in [0.05, 0.1) is 5.92 Å². The van der Waals surface area contributed by atoms with E-state index in [1.807, 2.05) is 27.7 Å². The average Bonchev–Trinajstić information content (AvgIpc) is 3.19. The Morgan fingerprint density at radius 2 is 1.33 bits per heavy atom. The Bertz CT molecular complexity index is 1250. The summed E-state index contributed by atoms with van der Waals surface area (Å²) in [5.41, 5.74) is 0.952. The highest BCUT2D eigenvalue weighted by Gasteiger charge is 2.48. The number of hydrogen-bond acceptors (Lipinski definition) is 5. The van der Waals surface area contributed by atoms with Crippen LogP contribution in [-0.2, 0) is 14.3 Å². The van der Waals surface area contributed by atoms with Crippen molar-refractivity contribution in [2.75, 3.05) is 0 Å². The van der Waals surface area contributed by atoms with E-state index in [-0.39, 0.29) is 28.1 Å². The maximum absolute atomic E-state index is 13.3. The molecule has 190 valence electrons. The minimum absolute atomic E-state index is 0.0676. The summed E-state index contributed by atoms with van der Waals surface area (Å²) in [6.07, 6.45) is -2.96. The fourth-order valence-corrected chi connectivity index (χ4v) is 5.44. The van der Waals surface area contributed by atoms with Gasteiger partial charge in [0.1, 0.15) is 28.8 Å². The monoisotopic (exact) mass is 500 g/mol. The summed E-state index contributed by atoms with van der Waals surface area (Å²) in [5.74, 6) is 0.894. The van der Waals surface area contributed by atoms with E-state index < -0.39 is 12.3 Å². The molecule has 0 fully saturated rings. The van der Waals surface area contributed by atoms with Gasteiger partial charge < -0.3 is 13.9 Å². The normalized spacial score (nSPS) is 21.8. The van der Waals surface area contributed by atoms with Crippen molar-refractivity contribution in [2.45, 2.75) is 65.7 Å². The van der Waals surface area contributed by atoms with Gasteiger partial charge in [-0.25, -0.2) is 0 Å². The van der Waals surface area contributed by atoms with Crippen LogP contribution in [0.4, 0.5) is 13.2 Å². The molecule has 36 heavy (non-hydrogen) atoms. The molecule has 2 heterocycles. The number of halogens is 3. The van der Waals surface area contributed by atoms with Crippen LogP contribution in [0.2, 0.25) is 0 Å².